The van der Waals surface area contributed by atoms with E-state index in [1.165, 1.54) is 0 Å². The van der Waals surface area contributed by atoms with Gasteiger partial charge >= 0.3 is 0 Å². The molecule has 0 aromatic heterocycles. The van der Waals surface area contributed by atoms with Crippen LogP contribution in [-0.4, -0.2) is 12.9 Å². The first kappa shape index (κ1) is 12.9. The molecule has 0 rings (SSSR count). The molecule has 55 valence electrons. The van der Waals surface area contributed by atoms with Gasteiger partial charge in [-0.15, -0.1) is 5.57 Å². The molecule has 0 spiro atoms. The summed E-state index contributed by atoms with van der Waals surface area (Å²) in [7, 11) is 0. The molecule has 0 N–H and O–H groups in total. The average molecular weight is 216 g/mol. The first-order valence-corrected chi connectivity index (χ1v) is 2.90. The van der Waals surface area contributed by atoms with Crippen molar-refractivity contribution in [1.82, 2.24) is 0 Å². The molecular formula is C7H11O2Y-. The van der Waals surface area contributed by atoms with E-state index >= 15 is 0 Å². The molecule has 0 saturated heterocycles. The zero-order valence-electron chi connectivity index (χ0n) is 6.60. The van der Waals surface area contributed by atoms with E-state index in [-0.39, 0.29) is 32.7 Å². The third kappa shape index (κ3) is 5.13. The van der Waals surface area contributed by atoms with Gasteiger partial charge in [-0.3, -0.25) is 0 Å². The Morgan fingerprint density at radius 3 is 2.30 bits per heavy atom. The van der Waals surface area contributed by atoms with Gasteiger partial charge in [-0.25, -0.2) is 0 Å². The number of ether oxygens (including phenoxy) is 1. The second-order valence-corrected chi connectivity index (χ2v) is 1.72. The number of allylic oxidation sites excluding steroid dienone is 2. The van der Waals surface area contributed by atoms with Gasteiger partial charge in [0.1, 0.15) is 0 Å². The molecule has 0 unspecified atom stereocenters. The Morgan fingerprint density at radius 2 is 2.00 bits per heavy atom. The van der Waals surface area contributed by atoms with Crippen LogP contribution in [-0.2, 0) is 42.2 Å². The van der Waals surface area contributed by atoms with E-state index in [2.05, 4.69) is 0 Å². The van der Waals surface area contributed by atoms with Gasteiger partial charge in [0.2, 0.25) is 0 Å². The summed E-state index contributed by atoms with van der Waals surface area (Å²) in [6.07, 6.45) is 1.75. The predicted molar refractivity (Wildman–Crippen MR) is 35.7 cm³/mol. The van der Waals surface area contributed by atoms with E-state index < -0.39 is 0 Å². The molecule has 0 atom stereocenters. The van der Waals surface area contributed by atoms with Crippen LogP contribution in [0.2, 0.25) is 0 Å². The van der Waals surface area contributed by atoms with Gasteiger partial charge in [-0.2, -0.15) is 0 Å². The summed E-state index contributed by atoms with van der Waals surface area (Å²) in [4.78, 5) is 9.96. The Bertz CT molecular complexity index is 130. The fourth-order valence-electron chi connectivity index (χ4n) is 0.397. The minimum Gasteiger partial charge on any atom is -0.583 e. The van der Waals surface area contributed by atoms with Crippen molar-refractivity contribution >= 4 is 6.29 Å². The van der Waals surface area contributed by atoms with E-state index in [9.17, 15) is 4.79 Å². The summed E-state index contributed by atoms with van der Waals surface area (Å²) in [5.74, 6) is 0.660. The Labute approximate surface area is 86.9 Å². The van der Waals surface area contributed by atoms with Gasteiger partial charge in [0.05, 0.1) is 6.61 Å². The molecule has 0 aliphatic rings. The van der Waals surface area contributed by atoms with Crippen molar-refractivity contribution in [3.8, 4) is 0 Å². The Morgan fingerprint density at radius 1 is 1.50 bits per heavy atom. The van der Waals surface area contributed by atoms with E-state index in [4.69, 9.17) is 4.74 Å². The number of carbonyl (C=O) groups excluding carboxylic acids is 1. The molecule has 2 nitrogen and oxygen atoms in total. The first-order chi connectivity index (χ1) is 4.22. The van der Waals surface area contributed by atoms with Crippen LogP contribution in [0, 0.1) is 0 Å². The van der Waals surface area contributed by atoms with Crippen LogP contribution in [0.1, 0.15) is 20.8 Å². The van der Waals surface area contributed by atoms with Gasteiger partial charge < -0.3 is 9.53 Å². The van der Waals surface area contributed by atoms with Gasteiger partial charge in [-0.05, 0) is 13.2 Å². The van der Waals surface area contributed by atoms with Crippen LogP contribution in [0.5, 0.6) is 0 Å². The minimum absolute atomic E-state index is 0. The second kappa shape index (κ2) is 7.42. The Kier molecular flexibility index (Phi) is 9.61. The normalized spacial score (nSPS) is 11.1. The van der Waals surface area contributed by atoms with Crippen LogP contribution >= 0.6 is 0 Å². The van der Waals surface area contributed by atoms with Crippen LogP contribution < -0.4 is 0 Å². The van der Waals surface area contributed by atoms with Gasteiger partial charge in [0, 0.05) is 32.7 Å². The fraction of sp³-hybridized carbons (Fsp3) is 0.571. The van der Waals surface area contributed by atoms with E-state index in [1.54, 1.807) is 20.1 Å². The number of hydrogen-bond acceptors (Lipinski definition) is 2. The van der Waals surface area contributed by atoms with Gasteiger partial charge in [-0.1, -0.05) is 19.6 Å². The van der Waals surface area contributed by atoms with Crippen molar-refractivity contribution in [2.24, 2.45) is 0 Å². The maximum Gasteiger partial charge on any atom is 0.0612 e. The zero-order valence-corrected chi connectivity index (χ0v) is 9.44. The maximum absolute atomic E-state index is 9.96. The zero-order chi connectivity index (χ0) is 7.28. The van der Waals surface area contributed by atoms with Crippen molar-refractivity contribution in [3.05, 3.63) is 11.3 Å². The molecule has 0 aromatic carbocycles. The van der Waals surface area contributed by atoms with E-state index in [1.807, 2.05) is 6.92 Å². The van der Waals surface area contributed by atoms with Crippen LogP contribution in [0.4, 0.5) is 0 Å². The Balaban J connectivity index is 0. The third-order valence-corrected chi connectivity index (χ3v) is 1.04. The molecule has 0 amide bonds. The van der Waals surface area contributed by atoms with Crippen molar-refractivity contribution in [2.45, 2.75) is 20.8 Å². The van der Waals surface area contributed by atoms with Crippen LogP contribution in [0.25, 0.3) is 0 Å². The molecule has 0 fully saturated rings. The molecule has 0 bridgehead atoms. The standard InChI is InChI=1S/C7H11O2.Y/c1-4-9-7(3)6(2)5-8;/h4H2,1-3H3;/q-1;/b7-6+;. The van der Waals surface area contributed by atoms with E-state index in [0.29, 0.717) is 17.9 Å². The molecule has 0 aliphatic heterocycles. The van der Waals surface area contributed by atoms with Crippen LogP contribution in [0.15, 0.2) is 11.3 Å². The molecule has 0 aliphatic carbocycles. The summed E-state index contributed by atoms with van der Waals surface area (Å²) < 4.78 is 5.01. The molecule has 0 saturated carbocycles. The summed E-state index contributed by atoms with van der Waals surface area (Å²) >= 11 is 0. The molecule has 0 aromatic rings. The molecule has 10 heavy (non-hydrogen) atoms. The summed E-state index contributed by atoms with van der Waals surface area (Å²) in [6, 6.07) is 0. The van der Waals surface area contributed by atoms with Gasteiger partial charge in [0.15, 0.2) is 0 Å². The SMILES string of the molecule is CCO/C(C)=C(\C)[C-]=O.[Y]. The summed E-state index contributed by atoms with van der Waals surface area (Å²) in [5.41, 5.74) is 0.539. The van der Waals surface area contributed by atoms with Crippen molar-refractivity contribution in [3.63, 3.8) is 0 Å². The monoisotopic (exact) mass is 216 g/mol. The number of rotatable bonds is 3. The largest absolute Gasteiger partial charge is 0.583 e. The first-order valence-electron chi connectivity index (χ1n) is 2.90. The molecule has 1 radical (unpaired) electrons. The minimum atomic E-state index is 0. The quantitative estimate of drug-likeness (QED) is 0.405. The molecule has 0 heterocycles. The number of hydrogen-bond donors (Lipinski definition) is 0. The smallest absolute Gasteiger partial charge is 0.0612 e. The van der Waals surface area contributed by atoms with Crippen molar-refractivity contribution in [1.29, 1.82) is 0 Å². The van der Waals surface area contributed by atoms with Crippen molar-refractivity contribution < 1.29 is 42.2 Å². The predicted octanol–water partition coefficient (Wildman–Crippen LogP) is 1.42. The second-order valence-electron chi connectivity index (χ2n) is 1.72. The average Bonchev–Trinajstić information content (AvgIpc) is 1.87. The van der Waals surface area contributed by atoms with Crippen molar-refractivity contribution in [2.75, 3.05) is 6.61 Å². The topological polar surface area (TPSA) is 26.3 Å². The van der Waals surface area contributed by atoms with Gasteiger partial charge in [0.25, 0.3) is 0 Å². The maximum atomic E-state index is 9.96. The molecule has 3 heteroatoms. The fourth-order valence-corrected chi connectivity index (χ4v) is 0.397. The van der Waals surface area contributed by atoms with E-state index in [0.717, 1.165) is 0 Å². The van der Waals surface area contributed by atoms with Crippen LogP contribution in [0.3, 0.4) is 0 Å². The summed E-state index contributed by atoms with van der Waals surface area (Å²) in [5, 5.41) is 0. The summed E-state index contributed by atoms with van der Waals surface area (Å²) in [6.45, 7) is 5.91. The molecular weight excluding hydrogens is 205 g/mol. The third-order valence-electron chi connectivity index (χ3n) is 1.04. The Hall–Kier alpha value is 0.314.